The van der Waals surface area contributed by atoms with Crippen LogP contribution in [0.2, 0.25) is 0 Å². The molecule has 1 aromatic rings. The Kier molecular flexibility index (Phi) is 4.69. The molecule has 1 amide bonds. The molecule has 0 heterocycles. The van der Waals surface area contributed by atoms with Crippen LogP contribution in [0.3, 0.4) is 0 Å². The molecule has 0 saturated carbocycles. The maximum absolute atomic E-state index is 11.0. The molecule has 1 rings (SSSR count). The minimum Gasteiger partial charge on any atom is -0.437 e. The minimum atomic E-state index is -1.05. The van der Waals surface area contributed by atoms with E-state index in [-0.39, 0.29) is 17.1 Å². The Morgan fingerprint density at radius 2 is 1.47 bits per heavy atom. The summed E-state index contributed by atoms with van der Waals surface area (Å²) < 4.78 is 18.0. The van der Waals surface area contributed by atoms with Gasteiger partial charge in [0.25, 0.3) is 0 Å². The van der Waals surface area contributed by atoms with Gasteiger partial charge >= 0.3 is 12.3 Å². The van der Waals surface area contributed by atoms with Gasteiger partial charge in [0.05, 0.1) is 14.2 Å². The minimum absolute atomic E-state index is 0.0659. The van der Waals surface area contributed by atoms with Gasteiger partial charge < -0.3 is 24.7 Å². The summed E-state index contributed by atoms with van der Waals surface area (Å²) in [5.74, 6) is -1.06. The first-order valence-corrected chi connectivity index (χ1v) is 4.93. The van der Waals surface area contributed by atoms with E-state index in [1.165, 1.54) is 12.1 Å². The van der Waals surface area contributed by atoms with Crippen LogP contribution < -0.4 is 15.2 Å². The molecular formula is C11H11NO7. The molecule has 1 aromatic carbocycles. The van der Waals surface area contributed by atoms with E-state index in [1.54, 1.807) is 0 Å². The number of amides is 1. The van der Waals surface area contributed by atoms with Gasteiger partial charge in [-0.05, 0) is 18.2 Å². The van der Waals surface area contributed by atoms with E-state index in [1.807, 2.05) is 0 Å². The van der Waals surface area contributed by atoms with Gasteiger partial charge in [0.2, 0.25) is 5.91 Å². The van der Waals surface area contributed by atoms with E-state index < -0.39 is 18.2 Å². The lowest BCUT2D eigenvalue weighted by Gasteiger charge is -2.09. The second-order valence-electron chi connectivity index (χ2n) is 3.14. The Morgan fingerprint density at radius 3 is 1.95 bits per heavy atom. The number of ether oxygens (including phenoxy) is 4. The van der Waals surface area contributed by atoms with Gasteiger partial charge in [-0.3, -0.25) is 4.79 Å². The summed E-state index contributed by atoms with van der Waals surface area (Å²) in [5, 5.41) is 0. The standard InChI is InChI=1S/C11H11NO7/c1-16-10(14)18-7-4-3-6(9(12)13)5-8(7)19-11(15)17-2/h3-5H,1-2H3,(H2,12,13). The van der Waals surface area contributed by atoms with Crippen molar-refractivity contribution in [1.29, 1.82) is 0 Å². The van der Waals surface area contributed by atoms with Crippen LogP contribution >= 0.6 is 0 Å². The average Bonchev–Trinajstić information content (AvgIpc) is 2.39. The van der Waals surface area contributed by atoms with Crippen LogP contribution in [0.15, 0.2) is 18.2 Å². The van der Waals surface area contributed by atoms with Crippen LogP contribution in [0.25, 0.3) is 0 Å². The second-order valence-corrected chi connectivity index (χ2v) is 3.14. The maximum atomic E-state index is 11.0. The van der Waals surface area contributed by atoms with E-state index in [9.17, 15) is 14.4 Å². The SMILES string of the molecule is COC(=O)Oc1ccc(C(N)=O)cc1OC(=O)OC. The Bertz CT molecular complexity index is 512. The number of primary amides is 1. The number of hydrogen-bond donors (Lipinski definition) is 1. The summed E-state index contributed by atoms with van der Waals surface area (Å²) in [4.78, 5) is 33.1. The van der Waals surface area contributed by atoms with Crippen molar-refractivity contribution >= 4 is 18.2 Å². The zero-order valence-electron chi connectivity index (χ0n) is 10.2. The monoisotopic (exact) mass is 269 g/mol. The number of carbonyl (C=O) groups excluding carboxylic acids is 3. The predicted molar refractivity (Wildman–Crippen MR) is 61.0 cm³/mol. The molecule has 0 radical (unpaired) electrons. The summed E-state index contributed by atoms with van der Waals surface area (Å²) in [6.07, 6.45) is -2.06. The van der Waals surface area contributed by atoms with E-state index in [2.05, 4.69) is 9.47 Å². The first-order valence-electron chi connectivity index (χ1n) is 4.93. The number of nitrogens with two attached hydrogens (primary N) is 1. The van der Waals surface area contributed by atoms with Gasteiger partial charge in [0.15, 0.2) is 11.5 Å². The van der Waals surface area contributed by atoms with E-state index >= 15 is 0 Å². The van der Waals surface area contributed by atoms with Gasteiger partial charge in [-0.1, -0.05) is 0 Å². The fourth-order valence-corrected chi connectivity index (χ4v) is 1.09. The van der Waals surface area contributed by atoms with Crippen molar-refractivity contribution in [2.75, 3.05) is 14.2 Å². The van der Waals surface area contributed by atoms with Gasteiger partial charge in [-0.15, -0.1) is 0 Å². The number of rotatable bonds is 3. The average molecular weight is 269 g/mol. The van der Waals surface area contributed by atoms with Gasteiger partial charge in [-0.2, -0.15) is 0 Å². The van der Waals surface area contributed by atoms with Crippen molar-refractivity contribution in [3.63, 3.8) is 0 Å². The highest BCUT2D eigenvalue weighted by Crippen LogP contribution is 2.29. The Balaban J connectivity index is 3.10. The molecule has 0 aliphatic rings. The Labute approximate surface area is 108 Å². The van der Waals surface area contributed by atoms with Crippen LogP contribution in [-0.4, -0.2) is 32.4 Å². The lowest BCUT2D eigenvalue weighted by Crippen LogP contribution is -2.14. The summed E-state index contributed by atoms with van der Waals surface area (Å²) in [6, 6.07) is 3.66. The first kappa shape index (κ1) is 14.3. The Hall–Kier alpha value is -2.77. The normalized spacial score (nSPS) is 9.37. The van der Waals surface area contributed by atoms with Gasteiger partial charge in [0, 0.05) is 5.56 Å². The van der Waals surface area contributed by atoms with Crippen molar-refractivity contribution in [2.24, 2.45) is 5.73 Å². The largest absolute Gasteiger partial charge is 0.513 e. The lowest BCUT2D eigenvalue weighted by atomic mass is 10.2. The molecular weight excluding hydrogens is 258 g/mol. The summed E-state index contributed by atoms with van der Waals surface area (Å²) >= 11 is 0. The van der Waals surface area contributed by atoms with Crippen molar-refractivity contribution in [1.82, 2.24) is 0 Å². The molecule has 102 valence electrons. The van der Waals surface area contributed by atoms with Gasteiger partial charge in [0.1, 0.15) is 0 Å². The van der Waals surface area contributed by atoms with Crippen LogP contribution in [0.1, 0.15) is 10.4 Å². The summed E-state index contributed by atoms with van der Waals surface area (Å²) in [6.45, 7) is 0. The molecule has 8 heteroatoms. The third-order valence-corrected chi connectivity index (χ3v) is 1.95. The van der Waals surface area contributed by atoms with Crippen LogP contribution in [0, 0.1) is 0 Å². The molecule has 0 atom stereocenters. The molecule has 8 nitrogen and oxygen atoms in total. The molecule has 0 aromatic heterocycles. The van der Waals surface area contributed by atoms with Crippen molar-refractivity contribution < 1.29 is 33.3 Å². The summed E-state index contributed by atoms with van der Waals surface area (Å²) in [5.41, 5.74) is 5.15. The van der Waals surface area contributed by atoms with Gasteiger partial charge in [-0.25, -0.2) is 9.59 Å². The molecule has 0 aliphatic heterocycles. The molecule has 0 spiro atoms. The van der Waals surface area contributed by atoms with Crippen LogP contribution in [0.5, 0.6) is 11.5 Å². The molecule has 19 heavy (non-hydrogen) atoms. The zero-order valence-corrected chi connectivity index (χ0v) is 10.2. The quantitative estimate of drug-likeness (QED) is 0.644. The van der Waals surface area contributed by atoms with E-state index in [0.717, 1.165) is 20.3 Å². The molecule has 0 fully saturated rings. The molecule has 0 unspecified atom stereocenters. The number of benzene rings is 1. The Morgan fingerprint density at radius 1 is 0.947 bits per heavy atom. The highest BCUT2D eigenvalue weighted by Gasteiger charge is 2.16. The van der Waals surface area contributed by atoms with E-state index in [4.69, 9.17) is 15.2 Å². The smallest absolute Gasteiger partial charge is 0.437 e. The fourth-order valence-electron chi connectivity index (χ4n) is 1.09. The first-order chi connectivity index (χ1) is 8.97. The third kappa shape index (κ3) is 3.87. The molecule has 2 N–H and O–H groups in total. The maximum Gasteiger partial charge on any atom is 0.513 e. The topological polar surface area (TPSA) is 114 Å². The van der Waals surface area contributed by atoms with Crippen LogP contribution in [-0.2, 0) is 9.47 Å². The number of methoxy groups -OCH3 is 2. The highest BCUT2D eigenvalue weighted by atomic mass is 16.7. The number of carbonyl (C=O) groups is 3. The lowest BCUT2D eigenvalue weighted by molar-refractivity contribution is 0.0997. The predicted octanol–water partition coefficient (Wildman–Crippen LogP) is 1.08. The van der Waals surface area contributed by atoms with E-state index in [0.29, 0.717) is 0 Å². The highest BCUT2D eigenvalue weighted by molar-refractivity contribution is 5.93. The van der Waals surface area contributed by atoms with Crippen LogP contribution in [0.4, 0.5) is 9.59 Å². The molecule has 0 saturated heterocycles. The van der Waals surface area contributed by atoms with Crippen molar-refractivity contribution in [3.8, 4) is 11.5 Å². The summed E-state index contributed by atoms with van der Waals surface area (Å²) in [7, 11) is 2.21. The van der Waals surface area contributed by atoms with Crippen molar-refractivity contribution in [2.45, 2.75) is 0 Å². The fraction of sp³-hybridized carbons (Fsp3) is 0.182. The number of hydrogen-bond acceptors (Lipinski definition) is 7. The molecule has 0 aliphatic carbocycles. The second kappa shape index (κ2) is 6.24. The van der Waals surface area contributed by atoms with Crippen molar-refractivity contribution in [3.05, 3.63) is 23.8 Å². The zero-order chi connectivity index (χ0) is 14.4. The third-order valence-electron chi connectivity index (χ3n) is 1.95. The molecule has 0 bridgehead atoms.